The number of hydrogen-bond donors (Lipinski definition) is 1. The fraction of sp³-hybridized carbons (Fsp3) is 0.250. The van der Waals surface area contributed by atoms with Crippen LogP contribution in [0.2, 0.25) is 0 Å². The summed E-state index contributed by atoms with van der Waals surface area (Å²) in [6.45, 7) is 3.48. The van der Waals surface area contributed by atoms with Gasteiger partial charge in [-0.25, -0.2) is 13.7 Å². The molecule has 0 bridgehead atoms. The van der Waals surface area contributed by atoms with Gasteiger partial charge in [-0.05, 0) is 43.2 Å². The van der Waals surface area contributed by atoms with E-state index in [1.807, 2.05) is 26.0 Å². The van der Waals surface area contributed by atoms with Crippen LogP contribution in [-0.2, 0) is 14.4 Å². The minimum absolute atomic E-state index is 0.103. The Kier molecular flexibility index (Phi) is 4.76. The van der Waals surface area contributed by atoms with E-state index in [4.69, 9.17) is 0 Å². The van der Waals surface area contributed by atoms with E-state index >= 15 is 0 Å². The van der Waals surface area contributed by atoms with E-state index in [-0.39, 0.29) is 12.2 Å². The Labute approximate surface area is 170 Å². The lowest BCUT2D eigenvalue weighted by Crippen LogP contribution is -2.43. The van der Waals surface area contributed by atoms with Crippen LogP contribution in [0.15, 0.2) is 46.7 Å². The number of carbonyl (C=O) groups is 3. The Morgan fingerprint density at radius 2 is 1.87 bits per heavy atom. The molecule has 30 heavy (non-hydrogen) atoms. The number of nitrogens with zero attached hydrogens (tertiary/aromatic N) is 4. The molecule has 10 heteroatoms. The molecule has 1 saturated heterocycles. The second-order valence-corrected chi connectivity index (χ2v) is 7.10. The predicted octanol–water partition coefficient (Wildman–Crippen LogP) is 2.51. The normalized spacial score (nSPS) is 20.1. The molecule has 0 radical (unpaired) electrons. The zero-order valence-electron chi connectivity index (χ0n) is 16.1. The minimum atomic E-state index is -1.18. The first-order valence-electron chi connectivity index (χ1n) is 9.14. The van der Waals surface area contributed by atoms with Gasteiger partial charge in [0, 0.05) is 11.8 Å². The number of aryl methyl sites for hydroxylation is 1. The van der Waals surface area contributed by atoms with E-state index in [2.05, 4.69) is 15.7 Å². The molecule has 2 atom stereocenters. The van der Waals surface area contributed by atoms with Crippen molar-refractivity contribution in [2.45, 2.75) is 25.9 Å². The van der Waals surface area contributed by atoms with Crippen molar-refractivity contribution in [2.24, 2.45) is 10.3 Å². The number of nitrogens with one attached hydrogen (secondary N) is 1. The van der Waals surface area contributed by atoms with Crippen LogP contribution in [0.25, 0.3) is 0 Å². The zero-order chi connectivity index (χ0) is 21.6. The molecule has 0 unspecified atom stereocenters. The van der Waals surface area contributed by atoms with Gasteiger partial charge in [-0.1, -0.05) is 17.4 Å². The summed E-state index contributed by atoms with van der Waals surface area (Å²) in [6, 6.07) is 5.95. The molecule has 8 nitrogen and oxygen atoms in total. The predicted molar refractivity (Wildman–Crippen MR) is 103 cm³/mol. The summed E-state index contributed by atoms with van der Waals surface area (Å²) in [5.41, 5.74) is 2.44. The highest BCUT2D eigenvalue weighted by atomic mass is 19.2. The molecule has 2 aliphatic rings. The number of fused-ring (bicyclic) bond motifs is 1. The van der Waals surface area contributed by atoms with Crippen molar-refractivity contribution in [2.75, 3.05) is 16.8 Å². The summed E-state index contributed by atoms with van der Waals surface area (Å²) in [5, 5.41) is 11.5. The van der Waals surface area contributed by atoms with Gasteiger partial charge < -0.3 is 5.32 Å². The first-order valence-corrected chi connectivity index (χ1v) is 9.14. The molecule has 0 spiro atoms. The Morgan fingerprint density at radius 3 is 2.60 bits per heavy atom. The molecule has 2 heterocycles. The van der Waals surface area contributed by atoms with Crippen LogP contribution in [0.1, 0.15) is 11.1 Å². The summed E-state index contributed by atoms with van der Waals surface area (Å²) in [7, 11) is 0. The second kappa shape index (κ2) is 7.29. The first-order chi connectivity index (χ1) is 14.3. The van der Waals surface area contributed by atoms with Crippen LogP contribution in [0.5, 0.6) is 0 Å². The quantitative estimate of drug-likeness (QED) is 0.780. The van der Waals surface area contributed by atoms with Crippen molar-refractivity contribution >= 4 is 29.1 Å². The van der Waals surface area contributed by atoms with Crippen LogP contribution in [-0.4, -0.2) is 41.4 Å². The lowest BCUT2D eigenvalue weighted by Gasteiger charge is -2.20. The van der Waals surface area contributed by atoms with Crippen molar-refractivity contribution in [3.63, 3.8) is 0 Å². The van der Waals surface area contributed by atoms with Gasteiger partial charge >= 0.3 is 0 Å². The van der Waals surface area contributed by atoms with Crippen LogP contribution in [0.4, 0.5) is 20.2 Å². The Balaban J connectivity index is 1.51. The van der Waals surface area contributed by atoms with Crippen LogP contribution in [0.3, 0.4) is 0 Å². The third kappa shape index (κ3) is 3.19. The largest absolute Gasteiger partial charge is 0.324 e. The molecule has 2 aromatic rings. The monoisotopic (exact) mass is 413 g/mol. The van der Waals surface area contributed by atoms with Crippen molar-refractivity contribution in [1.29, 1.82) is 0 Å². The average molecular weight is 413 g/mol. The topological polar surface area (TPSA) is 94.4 Å². The molecular formula is C20H17F2N5O3. The maximum absolute atomic E-state index is 13.6. The van der Waals surface area contributed by atoms with Gasteiger partial charge in [-0.15, -0.1) is 0 Å². The number of amides is 3. The highest BCUT2D eigenvalue weighted by Gasteiger charge is 2.55. The summed E-state index contributed by atoms with van der Waals surface area (Å²) in [4.78, 5) is 38.7. The Hall–Kier alpha value is -3.69. The van der Waals surface area contributed by atoms with Gasteiger partial charge in [0.15, 0.2) is 23.7 Å². The molecule has 3 amide bonds. The minimum Gasteiger partial charge on any atom is -0.324 e. The number of hydrogen-bond acceptors (Lipinski definition) is 6. The third-order valence-corrected chi connectivity index (χ3v) is 5.20. The molecule has 2 aliphatic heterocycles. The summed E-state index contributed by atoms with van der Waals surface area (Å²) >= 11 is 0. The van der Waals surface area contributed by atoms with E-state index < -0.39 is 41.4 Å². The number of halogens is 2. The molecule has 1 fully saturated rings. The maximum Gasteiger partial charge on any atom is 0.263 e. The fourth-order valence-corrected chi connectivity index (χ4v) is 3.46. The number of anilines is 2. The molecular weight excluding hydrogens is 396 g/mol. The molecule has 0 aromatic heterocycles. The van der Waals surface area contributed by atoms with Crippen molar-refractivity contribution in [1.82, 2.24) is 5.01 Å². The van der Waals surface area contributed by atoms with Crippen molar-refractivity contribution < 1.29 is 23.2 Å². The Bertz CT molecular complexity index is 1100. The maximum atomic E-state index is 13.6. The number of carbonyl (C=O) groups excluding carboxylic acids is 3. The molecule has 154 valence electrons. The molecule has 1 N–H and O–H groups in total. The van der Waals surface area contributed by atoms with Crippen LogP contribution >= 0.6 is 0 Å². The number of benzene rings is 2. The van der Waals surface area contributed by atoms with E-state index in [9.17, 15) is 23.2 Å². The van der Waals surface area contributed by atoms with Gasteiger partial charge in [-0.3, -0.25) is 19.4 Å². The van der Waals surface area contributed by atoms with Crippen molar-refractivity contribution in [3.05, 3.63) is 59.2 Å². The van der Waals surface area contributed by atoms with Crippen LogP contribution in [0, 0.1) is 25.5 Å². The Morgan fingerprint density at radius 1 is 1.10 bits per heavy atom. The highest BCUT2D eigenvalue weighted by Crippen LogP contribution is 2.32. The molecule has 0 saturated carbocycles. The second-order valence-electron chi connectivity index (χ2n) is 7.10. The van der Waals surface area contributed by atoms with Gasteiger partial charge in [0.1, 0.15) is 6.54 Å². The summed E-state index contributed by atoms with van der Waals surface area (Å²) in [6.07, 6.45) is 0. The smallest absolute Gasteiger partial charge is 0.263 e. The first kappa shape index (κ1) is 19.6. The third-order valence-electron chi connectivity index (χ3n) is 5.20. The summed E-state index contributed by atoms with van der Waals surface area (Å²) in [5.74, 6) is -4.13. The van der Waals surface area contributed by atoms with E-state index in [0.29, 0.717) is 5.69 Å². The molecule has 0 aliphatic carbocycles. The lowest BCUT2D eigenvalue weighted by molar-refractivity contribution is -0.123. The number of rotatable bonds is 4. The standard InChI is InChI=1S/C20H17F2N5O3/c1-10-4-3-5-15(11(10)2)23-16(28)9-26-18-17(24-25-26)19(29)27(20(18)30)12-6-7-13(21)14(22)8-12/h3-8,17-18H,9H2,1-2H3,(H,23,28)/t17-,18+/m1/s1. The van der Waals surface area contributed by atoms with Crippen LogP contribution < -0.4 is 10.2 Å². The SMILES string of the molecule is Cc1cccc(NC(=O)CN2N=N[C@H]3C(=O)N(c4ccc(F)c(F)c4)C(=O)[C@H]32)c1C. The van der Waals surface area contributed by atoms with Gasteiger partial charge in [-0.2, -0.15) is 5.11 Å². The van der Waals surface area contributed by atoms with E-state index in [0.717, 1.165) is 39.2 Å². The average Bonchev–Trinajstić information content (AvgIpc) is 3.21. The van der Waals surface area contributed by atoms with E-state index in [1.54, 1.807) is 6.07 Å². The fourth-order valence-electron chi connectivity index (χ4n) is 3.46. The van der Waals surface area contributed by atoms with Gasteiger partial charge in [0.25, 0.3) is 11.8 Å². The summed E-state index contributed by atoms with van der Waals surface area (Å²) < 4.78 is 26.8. The molecule has 4 rings (SSSR count). The molecule has 2 aromatic carbocycles. The zero-order valence-corrected chi connectivity index (χ0v) is 16.1. The van der Waals surface area contributed by atoms with Gasteiger partial charge in [0.2, 0.25) is 5.91 Å². The van der Waals surface area contributed by atoms with Crippen molar-refractivity contribution in [3.8, 4) is 0 Å². The van der Waals surface area contributed by atoms with Gasteiger partial charge in [0.05, 0.1) is 5.69 Å². The lowest BCUT2D eigenvalue weighted by atomic mass is 10.1. The van der Waals surface area contributed by atoms with E-state index in [1.165, 1.54) is 0 Å². The highest BCUT2D eigenvalue weighted by molar-refractivity contribution is 6.25. The number of imide groups is 1.